The number of hydrogen-bond donors (Lipinski definition) is 0. The number of anilines is 2. The van der Waals surface area contributed by atoms with Gasteiger partial charge in [-0.05, 0) is 49.4 Å². The van der Waals surface area contributed by atoms with E-state index in [2.05, 4.69) is 0 Å². The van der Waals surface area contributed by atoms with Crippen LogP contribution < -0.4 is 9.21 Å². The van der Waals surface area contributed by atoms with E-state index in [4.69, 9.17) is 11.6 Å². The molecule has 7 heteroatoms. The molecule has 0 aliphatic rings. The van der Waals surface area contributed by atoms with Crippen LogP contribution in [0.1, 0.15) is 17.3 Å². The lowest BCUT2D eigenvalue weighted by Crippen LogP contribution is -2.31. The maximum Gasteiger partial charge on any atom is 0.264 e. The summed E-state index contributed by atoms with van der Waals surface area (Å²) in [6.45, 7) is 2.01. The number of sulfonamides is 1. The van der Waals surface area contributed by atoms with Crippen molar-refractivity contribution in [3.8, 4) is 0 Å². The summed E-state index contributed by atoms with van der Waals surface area (Å²) >= 11 is 6.25. The highest BCUT2D eigenvalue weighted by atomic mass is 35.5. The van der Waals surface area contributed by atoms with Gasteiger partial charge in [-0.1, -0.05) is 48.0 Å². The van der Waals surface area contributed by atoms with E-state index in [-0.39, 0.29) is 27.9 Å². The topological polar surface area (TPSA) is 57.7 Å². The average Bonchev–Trinajstić information content (AvgIpc) is 2.74. The number of hydrogen-bond acceptors (Lipinski definition) is 3. The van der Waals surface area contributed by atoms with E-state index in [0.29, 0.717) is 11.4 Å². The first kappa shape index (κ1) is 20.9. The number of benzene rings is 3. The molecule has 0 aliphatic carbocycles. The SMILES string of the molecule is CCN(c1ccccc1)S(=O)(=O)c1ccc(Cl)c(C(=O)N(C)c2ccccc2)c1. The zero-order chi connectivity index (χ0) is 21.0. The van der Waals surface area contributed by atoms with Crippen LogP contribution >= 0.6 is 11.6 Å². The molecular weight excluding hydrogens is 408 g/mol. The Kier molecular flexibility index (Phi) is 6.25. The molecule has 5 nitrogen and oxygen atoms in total. The molecule has 0 aromatic heterocycles. The maximum absolute atomic E-state index is 13.2. The predicted octanol–water partition coefficient (Wildman–Crippen LogP) is 4.83. The highest BCUT2D eigenvalue weighted by Gasteiger charge is 2.26. The van der Waals surface area contributed by atoms with Crippen molar-refractivity contribution in [3.05, 3.63) is 89.4 Å². The van der Waals surface area contributed by atoms with Crippen molar-refractivity contribution in [3.63, 3.8) is 0 Å². The Bertz CT molecular complexity index is 1100. The van der Waals surface area contributed by atoms with Crippen molar-refractivity contribution in [1.82, 2.24) is 0 Å². The second-order valence-corrected chi connectivity index (χ2v) is 8.62. The van der Waals surface area contributed by atoms with Gasteiger partial charge in [0.2, 0.25) is 0 Å². The minimum atomic E-state index is -3.86. The fraction of sp³-hybridized carbons (Fsp3) is 0.136. The van der Waals surface area contributed by atoms with E-state index < -0.39 is 10.0 Å². The molecule has 3 aromatic rings. The van der Waals surface area contributed by atoms with E-state index in [9.17, 15) is 13.2 Å². The first-order chi connectivity index (χ1) is 13.9. The number of amides is 1. The summed E-state index contributed by atoms with van der Waals surface area (Å²) in [4.78, 5) is 14.4. The Balaban J connectivity index is 2.01. The average molecular weight is 429 g/mol. The number of carbonyl (C=O) groups is 1. The number of para-hydroxylation sites is 2. The maximum atomic E-state index is 13.2. The molecule has 0 unspecified atom stereocenters. The lowest BCUT2D eigenvalue weighted by Gasteiger charge is -2.24. The number of nitrogens with zero attached hydrogens (tertiary/aromatic N) is 2. The highest BCUT2D eigenvalue weighted by molar-refractivity contribution is 7.92. The Labute approximate surface area is 176 Å². The predicted molar refractivity (Wildman–Crippen MR) is 117 cm³/mol. The van der Waals surface area contributed by atoms with Gasteiger partial charge < -0.3 is 4.90 Å². The summed E-state index contributed by atoms with van der Waals surface area (Å²) in [7, 11) is -2.24. The number of halogens is 1. The van der Waals surface area contributed by atoms with Crippen LogP contribution in [0.4, 0.5) is 11.4 Å². The molecule has 0 saturated heterocycles. The molecule has 0 radical (unpaired) electrons. The van der Waals surface area contributed by atoms with Crippen LogP contribution in [0, 0.1) is 0 Å². The number of rotatable bonds is 6. The fourth-order valence-electron chi connectivity index (χ4n) is 2.99. The summed E-state index contributed by atoms with van der Waals surface area (Å²) in [5, 5.41) is 0.194. The van der Waals surface area contributed by atoms with E-state index in [1.165, 1.54) is 27.4 Å². The Morgan fingerprint density at radius 3 is 2.00 bits per heavy atom. The van der Waals surface area contributed by atoms with Gasteiger partial charge >= 0.3 is 0 Å². The smallest absolute Gasteiger partial charge is 0.264 e. The molecule has 1 amide bonds. The Morgan fingerprint density at radius 1 is 0.897 bits per heavy atom. The molecule has 3 aromatic carbocycles. The van der Waals surface area contributed by atoms with E-state index in [1.54, 1.807) is 50.4 Å². The Morgan fingerprint density at radius 2 is 1.45 bits per heavy atom. The molecule has 0 atom stereocenters. The zero-order valence-electron chi connectivity index (χ0n) is 16.1. The third kappa shape index (κ3) is 4.28. The quantitative estimate of drug-likeness (QED) is 0.564. The van der Waals surface area contributed by atoms with Crippen LogP contribution in [-0.2, 0) is 10.0 Å². The lowest BCUT2D eigenvalue weighted by atomic mass is 10.2. The second kappa shape index (κ2) is 8.68. The first-order valence-corrected chi connectivity index (χ1v) is 10.9. The zero-order valence-corrected chi connectivity index (χ0v) is 17.7. The lowest BCUT2D eigenvalue weighted by molar-refractivity contribution is 0.0993. The minimum Gasteiger partial charge on any atom is -0.311 e. The molecule has 150 valence electrons. The van der Waals surface area contributed by atoms with Crippen molar-refractivity contribution in [1.29, 1.82) is 0 Å². The first-order valence-electron chi connectivity index (χ1n) is 9.06. The normalized spacial score (nSPS) is 11.1. The van der Waals surface area contributed by atoms with Gasteiger partial charge in [0.15, 0.2) is 0 Å². The van der Waals surface area contributed by atoms with Gasteiger partial charge in [0.1, 0.15) is 0 Å². The van der Waals surface area contributed by atoms with Gasteiger partial charge in [-0.25, -0.2) is 8.42 Å². The van der Waals surface area contributed by atoms with E-state index >= 15 is 0 Å². The monoisotopic (exact) mass is 428 g/mol. The van der Waals surface area contributed by atoms with Crippen LogP contribution in [0.5, 0.6) is 0 Å². The summed E-state index contributed by atoms with van der Waals surface area (Å²) in [5.74, 6) is -0.388. The summed E-state index contributed by atoms with van der Waals surface area (Å²) in [6, 6.07) is 22.1. The van der Waals surface area contributed by atoms with Crippen molar-refractivity contribution in [2.24, 2.45) is 0 Å². The number of carbonyl (C=O) groups excluding carboxylic acids is 1. The molecule has 29 heavy (non-hydrogen) atoms. The summed E-state index contributed by atoms with van der Waals surface area (Å²) in [5.41, 5.74) is 1.36. The van der Waals surface area contributed by atoms with Gasteiger partial charge in [-0.2, -0.15) is 0 Å². The molecule has 0 heterocycles. The second-order valence-electron chi connectivity index (χ2n) is 6.35. The van der Waals surface area contributed by atoms with E-state index in [0.717, 1.165) is 0 Å². The van der Waals surface area contributed by atoms with Crippen LogP contribution in [0.3, 0.4) is 0 Å². The molecule has 0 fully saturated rings. The van der Waals surface area contributed by atoms with Crippen LogP contribution in [0.15, 0.2) is 83.8 Å². The van der Waals surface area contributed by atoms with Gasteiger partial charge in [0, 0.05) is 19.3 Å². The van der Waals surface area contributed by atoms with Crippen LogP contribution in [-0.4, -0.2) is 27.9 Å². The van der Waals surface area contributed by atoms with E-state index in [1.807, 2.05) is 24.3 Å². The van der Waals surface area contributed by atoms with Gasteiger partial charge in [0.25, 0.3) is 15.9 Å². The minimum absolute atomic E-state index is 0.0115. The van der Waals surface area contributed by atoms with Crippen molar-refractivity contribution in [2.45, 2.75) is 11.8 Å². The molecule has 0 bridgehead atoms. The van der Waals surface area contributed by atoms with Crippen molar-refractivity contribution >= 4 is 38.9 Å². The van der Waals surface area contributed by atoms with Crippen LogP contribution in [0.2, 0.25) is 5.02 Å². The standard InChI is InChI=1S/C22H21ClN2O3S/c1-3-25(18-12-8-5-9-13-18)29(27,28)19-14-15-21(23)20(16-19)22(26)24(2)17-10-6-4-7-11-17/h4-16H,3H2,1-2H3. The molecule has 0 saturated carbocycles. The molecule has 3 rings (SSSR count). The largest absolute Gasteiger partial charge is 0.311 e. The van der Waals surface area contributed by atoms with Crippen LogP contribution in [0.25, 0.3) is 0 Å². The molecule has 0 aliphatic heterocycles. The van der Waals surface area contributed by atoms with Crippen molar-refractivity contribution < 1.29 is 13.2 Å². The summed E-state index contributed by atoms with van der Waals surface area (Å²) in [6.07, 6.45) is 0. The van der Waals surface area contributed by atoms with Crippen molar-refractivity contribution in [2.75, 3.05) is 22.8 Å². The van der Waals surface area contributed by atoms with Gasteiger partial charge in [-0.3, -0.25) is 9.10 Å². The molecular formula is C22H21ClN2O3S. The highest BCUT2D eigenvalue weighted by Crippen LogP contribution is 2.28. The van der Waals surface area contributed by atoms with Gasteiger partial charge in [-0.15, -0.1) is 0 Å². The molecule has 0 N–H and O–H groups in total. The third-order valence-corrected chi connectivity index (χ3v) is 6.76. The fourth-order valence-corrected chi connectivity index (χ4v) is 4.69. The van der Waals surface area contributed by atoms with Gasteiger partial charge in [0.05, 0.1) is 21.2 Å². The summed E-state index contributed by atoms with van der Waals surface area (Å²) < 4.78 is 27.8. The molecule has 0 spiro atoms. The Hall–Kier alpha value is -2.83. The third-order valence-electron chi connectivity index (χ3n) is 4.54.